The van der Waals surface area contributed by atoms with Crippen LogP contribution in [0.1, 0.15) is 31.9 Å². The van der Waals surface area contributed by atoms with Gasteiger partial charge in [0.1, 0.15) is 0 Å². The average molecular weight is 251 g/mol. The highest BCUT2D eigenvalue weighted by Crippen LogP contribution is 2.34. The molecule has 0 saturated heterocycles. The predicted molar refractivity (Wildman–Crippen MR) is 70.1 cm³/mol. The molecule has 1 N–H and O–H groups in total. The minimum Gasteiger partial charge on any atom is -0.454 e. The number of fused-ring (bicyclic) bond motifs is 1. The van der Waals surface area contributed by atoms with Gasteiger partial charge in [-0.25, -0.2) is 0 Å². The predicted octanol–water partition coefficient (Wildman–Crippen LogP) is 2.49. The van der Waals surface area contributed by atoms with E-state index in [1.807, 2.05) is 19.1 Å². The third kappa shape index (κ3) is 3.37. The van der Waals surface area contributed by atoms with Crippen molar-refractivity contribution in [2.24, 2.45) is 0 Å². The van der Waals surface area contributed by atoms with Crippen LogP contribution in [0.15, 0.2) is 18.2 Å². The lowest BCUT2D eigenvalue weighted by molar-refractivity contribution is 0.144. The Bertz CT molecular complexity index is 381. The van der Waals surface area contributed by atoms with Crippen molar-refractivity contribution in [2.45, 2.75) is 26.3 Å². The topological polar surface area (TPSA) is 39.7 Å². The smallest absolute Gasteiger partial charge is 0.231 e. The summed E-state index contributed by atoms with van der Waals surface area (Å²) in [5.74, 6) is 1.68. The first kappa shape index (κ1) is 13.2. The van der Waals surface area contributed by atoms with Gasteiger partial charge in [0.2, 0.25) is 6.79 Å². The van der Waals surface area contributed by atoms with Gasteiger partial charge in [0, 0.05) is 19.3 Å². The Kier molecular flexibility index (Phi) is 4.84. The van der Waals surface area contributed by atoms with Crippen molar-refractivity contribution >= 4 is 0 Å². The van der Waals surface area contributed by atoms with Crippen molar-refractivity contribution in [2.75, 3.05) is 26.6 Å². The van der Waals surface area contributed by atoms with E-state index in [0.29, 0.717) is 12.8 Å². The van der Waals surface area contributed by atoms with Gasteiger partial charge in [-0.05, 0) is 44.5 Å². The van der Waals surface area contributed by atoms with Gasteiger partial charge < -0.3 is 19.5 Å². The summed E-state index contributed by atoms with van der Waals surface area (Å²) in [4.78, 5) is 0. The van der Waals surface area contributed by atoms with Gasteiger partial charge in [-0.3, -0.25) is 0 Å². The molecule has 1 aliphatic heterocycles. The Morgan fingerprint density at radius 1 is 1.33 bits per heavy atom. The number of nitrogens with one attached hydrogen (secondary N) is 1. The van der Waals surface area contributed by atoms with Crippen LogP contribution >= 0.6 is 0 Å². The van der Waals surface area contributed by atoms with Crippen LogP contribution < -0.4 is 14.8 Å². The second-order valence-electron chi connectivity index (χ2n) is 4.34. The fourth-order valence-corrected chi connectivity index (χ4v) is 1.94. The molecular weight excluding hydrogens is 230 g/mol. The number of hydrogen-bond acceptors (Lipinski definition) is 4. The minimum absolute atomic E-state index is 0.307. The van der Waals surface area contributed by atoms with Crippen LogP contribution in [0.2, 0.25) is 0 Å². The van der Waals surface area contributed by atoms with E-state index in [0.717, 1.165) is 37.7 Å². The normalized spacial score (nSPS) is 14.8. The van der Waals surface area contributed by atoms with Crippen LogP contribution in [-0.2, 0) is 4.74 Å². The molecule has 0 bridgehead atoms. The van der Waals surface area contributed by atoms with E-state index in [-0.39, 0.29) is 0 Å². The molecule has 2 rings (SSSR count). The molecule has 18 heavy (non-hydrogen) atoms. The first-order valence-electron chi connectivity index (χ1n) is 6.52. The quantitative estimate of drug-likeness (QED) is 0.756. The molecule has 1 aromatic carbocycles. The Balaban J connectivity index is 1.80. The molecule has 100 valence electrons. The van der Waals surface area contributed by atoms with Crippen molar-refractivity contribution in [1.82, 2.24) is 5.32 Å². The van der Waals surface area contributed by atoms with E-state index in [2.05, 4.69) is 18.3 Å². The van der Waals surface area contributed by atoms with Gasteiger partial charge in [-0.2, -0.15) is 0 Å². The molecule has 1 atom stereocenters. The van der Waals surface area contributed by atoms with Crippen LogP contribution in [0.5, 0.6) is 11.5 Å². The molecule has 4 heteroatoms. The summed E-state index contributed by atoms with van der Waals surface area (Å²) in [5.41, 5.74) is 1.22. The van der Waals surface area contributed by atoms with Crippen molar-refractivity contribution in [1.29, 1.82) is 0 Å². The van der Waals surface area contributed by atoms with Gasteiger partial charge in [0.15, 0.2) is 11.5 Å². The molecular formula is C14H21NO3. The lowest BCUT2D eigenvalue weighted by Gasteiger charge is -2.14. The monoisotopic (exact) mass is 251 g/mol. The molecule has 4 nitrogen and oxygen atoms in total. The SMILES string of the molecule is CCOCCCNC(C)c1ccc2c(c1)OCO2. The first-order chi connectivity index (χ1) is 8.81. The lowest BCUT2D eigenvalue weighted by Crippen LogP contribution is -2.20. The zero-order valence-electron chi connectivity index (χ0n) is 11.1. The summed E-state index contributed by atoms with van der Waals surface area (Å²) in [6.07, 6.45) is 1.03. The molecule has 0 spiro atoms. The Labute approximate surface area is 108 Å². The van der Waals surface area contributed by atoms with Crippen molar-refractivity contribution in [3.05, 3.63) is 23.8 Å². The molecule has 0 amide bonds. The Morgan fingerprint density at radius 2 is 2.17 bits per heavy atom. The van der Waals surface area contributed by atoms with Crippen LogP contribution in [0, 0.1) is 0 Å². The van der Waals surface area contributed by atoms with Gasteiger partial charge in [-0.15, -0.1) is 0 Å². The summed E-state index contributed by atoms with van der Waals surface area (Å²) in [5, 5.41) is 3.47. The summed E-state index contributed by atoms with van der Waals surface area (Å²) >= 11 is 0. The van der Waals surface area contributed by atoms with Crippen LogP contribution in [0.25, 0.3) is 0 Å². The standard InChI is InChI=1S/C14H21NO3/c1-3-16-8-4-7-15-11(2)12-5-6-13-14(9-12)18-10-17-13/h5-6,9,11,15H,3-4,7-8,10H2,1-2H3. The third-order valence-electron chi connectivity index (χ3n) is 3.02. The van der Waals surface area contributed by atoms with E-state index < -0.39 is 0 Å². The van der Waals surface area contributed by atoms with Gasteiger partial charge in [0.05, 0.1) is 0 Å². The zero-order chi connectivity index (χ0) is 12.8. The largest absolute Gasteiger partial charge is 0.454 e. The number of rotatable bonds is 7. The molecule has 1 unspecified atom stereocenters. The molecule has 0 aliphatic carbocycles. The van der Waals surface area contributed by atoms with E-state index in [1.165, 1.54) is 5.56 Å². The van der Waals surface area contributed by atoms with Crippen molar-refractivity contribution < 1.29 is 14.2 Å². The summed E-state index contributed by atoms with van der Waals surface area (Å²) in [7, 11) is 0. The highest BCUT2D eigenvalue weighted by Gasteiger charge is 2.15. The second kappa shape index (κ2) is 6.61. The maximum absolute atomic E-state index is 5.38. The molecule has 0 fully saturated rings. The number of ether oxygens (including phenoxy) is 3. The van der Waals surface area contributed by atoms with Gasteiger partial charge in [0.25, 0.3) is 0 Å². The molecule has 1 aromatic rings. The fraction of sp³-hybridized carbons (Fsp3) is 0.571. The number of hydrogen-bond donors (Lipinski definition) is 1. The lowest BCUT2D eigenvalue weighted by atomic mass is 10.1. The summed E-state index contributed by atoms with van der Waals surface area (Å²) in [6.45, 7) is 7.06. The highest BCUT2D eigenvalue weighted by molar-refractivity contribution is 5.45. The number of benzene rings is 1. The van der Waals surface area contributed by atoms with E-state index in [1.54, 1.807) is 0 Å². The average Bonchev–Trinajstić information content (AvgIpc) is 2.85. The maximum Gasteiger partial charge on any atom is 0.231 e. The molecule has 1 aliphatic rings. The van der Waals surface area contributed by atoms with E-state index in [9.17, 15) is 0 Å². The highest BCUT2D eigenvalue weighted by atomic mass is 16.7. The molecule has 1 heterocycles. The summed E-state index contributed by atoms with van der Waals surface area (Å²) < 4.78 is 16.0. The Morgan fingerprint density at radius 3 is 3.00 bits per heavy atom. The van der Waals surface area contributed by atoms with Crippen LogP contribution in [-0.4, -0.2) is 26.6 Å². The van der Waals surface area contributed by atoms with E-state index in [4.69, 9.17) is 14.2 Å². The van der Waals surface area contributed by atoms with Crippen molar-refractivity contribution in [3.8, 4) is 11.5 Å². The van der Waals surface area contributed by atoms with Gasteiger partial charge >= 0.3 is 0 Å². The second-order valence-corrected chi connectivity index (χ2v) is 4.34. The zero-order valence-corrected chi connectivity index (χ0v) is 11.1. The first-order valence-corrected chi connectivity index (χ1v) is 6.52. The molecule has 0 saturated carbocycles. The van der Waals surface area contributed by atoms with Crippen LogP contribution in [0.4, 0.5) is 0 Å². The van der Waals surface area contributed by atoms with Crippen molar-refractivity contribution in [3.63, 3.8) is 0 Å². The van der Waals surface area contributed by atoms with Gasteiger partial charge in [-0.1, -0.05) is 6.07 Å². The minimum atomic E-state index is 0.307. The fourth-order valence-electron chi connectivity index (χ4n) is 1.94. The molecule has 0 radical (unpaired) electrons. The van der Waals surface area contributed by atoms with Crippen LogP contribution in [0.3, 0.4) is 0 Å². The molecule has 0 aromatic heterocycles. The van der Waals surface area contributed by atoms with E-state index >= 15 is 0 Å². The third-order valence-corrected chi connectivity index (χ3v) is 3.02. The maximum atomic E-state index is 5.38. The summed E-state index contributed by atoms with van der Waals surface area (Å²) in [6, 6.07) is 6.40. The Hall–Kier alpha value is -1.26.